The minimum atomic E-state index is -2.08. The number of ether oxygens (including phenoxy) is 12. The third-order valence-electron chi connectivity index (χ3n) is 17.4. The highest BCUT2D eigenvalue weighted by molar-refractivity contribution is 5.94. The lowest BCUT2D eigenvalue weighted by Crippen LogP contribution is -2.72. The van der Waals surface area contributed by atoms with Gasteiger partial charge in [0.05, 0.1) is 45.7 Å². The number of hydrogen-bond donors (Lipinski definition) is 19. The smallest absolute Gasteiger partial charge is 0.251 e. The van der Waals surface area contributed by atoms with Gasteiger partial charge in [-0.25, -0.2) is 0 Å². The number of amides is 5. The van der Waals surface area contributed by atoms with Crippen LogP contribution in [0.5, 0.6) is 5.75 Å². The van der Waals surface area contributed by atoms with Crippen LogP contribution in [0.1, 0.15) is 96.8 Å². The van der Waals surface area contributed by atoms with Gasteiger partial charge in [0.15, 0.2) is 37.7 Å². The second-order valence-electron chi connectivity index (χ2n) is 24.9. The fourth-order valence-electron chi connectivity index (χ4n) is 12.3. The zero-order valence-corrected chi connectivity index (χ0v) is 55.0. The molecule has 6 aliphatic rings. The number of benzene rings is 1. The Morgan fingerprint density at radius 1 is 0.449 bits per heavy atom. The van der Waals surface area contributed by atoms with E-state index >= 15 is 0 Å². The summed E-state index contributed by atoms with van der Waals surface area (Å²) in [5.41, 5.74) is 0.0314. The van der Waals surface area contributed by atoms with Gasteiger partial charge in [-0.2, -0.15) is 0 Å². The molecular formula is C62H97N5O31. The van der Waals surface area contributed by atoms with Gasteiger partial charge in [-0.1, -0.05) is 32.3 Å². The minimum absolute atomic E-state index is 0.0314. The molecule has 6 aliphatic heterocycles. The lowest BCUT2D eigenvalue weighted by Gasteiger charge is -2.51. The number of aliphatic hydroxyl groups is 14. The van der Waals surface area contributed by atoms with Gasteiger partial charge in [0, 0.05) is 46.1 Å². The summed E-state index contributed by atoms with van der Waals surface area (Å²) in [5.74, 6) is 2.53. The number of aliphatic hydroxyl groups excluding tert-OH is 14. The van der Waals surface area contributed by atoms with E-state index in [4.69, 9.17) is 56.8 Å². The summed E-state index contributed by atoms with van der Waals surface area (Å²) in [4.78, 5) is 65.0. The van der Waals surface area contributed by atoms with Crippen LogP contribution in [-0.2, 0) is 71.3 Å². The van der Waals surface area contributed by atoms with E-state index in [9.17, 15) is 95.5 Å². The van der Waals surface area contributed by atoms with Crippen molar-refractivity contribution >= 4 is 29.5 Å². The molecule has 0 aromatic heterocycles. The molecular weight excluding hydrogens is 1310 g/mol. The number of rotatable bonds is 29. The maximum Gasteiger partial charge on any atom is 0.251 e. The van der Waals surface area contributed by atoms with E-state index in [0.717, 1.165) is 59.8 Å². The number of unbranched alkanes of at least 4 members (excludes halogenated alkanes) is 5. The SMILES string of the molecule is CCCCCCC#CCCCOc1cccc(C(=O)N[C@@H]2C(O[C@@H]3C(CO)O[C@@H](OC4C(CO)O[C@@H](O[C@@H]5C(CO)OC(OC6C(CO[C@@H]7OC(C)[C@@H](O)[C@@H](O)C7O)OC(O)[C@@H](NC(C)=O)[C@H]6O)C(NC(C)=O)C5O)[C@@H](NC(C)=O)[C@H]4O)C(NC(C)=O)C3O)OC(CO)[C@@H](O)[C@@H]2O)c1. The van der Waals surface area contributed by atoms with Crippen LogP contribution in [0.15, 0.2) is 24.3 Å². The molecule has 1 aromatic rings. The molecule has 98 heavy (non-hydrogen) atoms. The van der Waals surface area contributed by atoms with Crippen LogP contribution < -0.4 is 31.3 Å². The number of nitrogens with one attached hydrogen (secondary N) is 5. The van der Waals surface area contributed by atoms with Gasteiger partial charge in [0.2, 0.25) is 23.6 Å². The molecule has 6 saturated heterocycles. The standard InChI is InChI=1S/C62H97N5O31/c1-7-8-9-10-11-12-13-14-15-19-87-32-18-16-17-31(20-32)56(85)67-39-45(78)44(77)33(21-68)91-58(39)95-52-34(22-69)92-59(40(47(52)80)64-28(4)73)96-53-35(23-70)93-60(41(48(53)81)65-29(5)74)97-54-36(24-71)94-61(42(49(54)82)66-30(6)75)98-55-37(90-57(86)38(46(55)79)63-27(3)72)25-88-62-51(84)50(83)43(76)26(2)89-62/h16-18,20,26,33-55,57-62,68-71,76-84,86H,7-11,14-15,19,21-25H2,1-6H3,(H,63,72)(H,64,73)(H,65,74)(H,66,75)(H,67,85)/t26?,33?,34?,35?,36?,37?,38-,39-,40?,41-,42?,43+,44+,45+,46+,47?,48+,49?,50+,51?,52+,53?,54+,55?,57?,58?,59-,60-,61?,62+/m0/s1. The lowest BCUT2D eigenvalue weighted by atomic mass is 9.93. The van der Waals surface area contributed by atoms with E-state index in [1.807, 2.05) is 0 Å². The van der Waals surface area contributed by atoms with E-state index in [2.05, 4.69) is 45.3 Å². The van der Waals surface area contributed by atoms with Crippen LogP contribution >= 0.6 is 0 Å². The van der Waals surface area contributed by atoms with Crippen LogP contribution in [-0.4, -0.2) is 325 Å². The first-order valence-electron chi connectivity index (χ1n) is 32.6. The number of hydrogen-bond acceptors (Lipinski definition) is 31. The zero-order valence-electron chi connectivity index (χ0n) is 55.0. The van der Waals surface area contributed by atoms with Gasteiger partial charge in [-0.15, -0.1) is 11.8 Å². The molecule has 5 amide bonds. The van der Waals surface area contributed by atoms with E-state index in [1.165, 1.54) is 19.1 Å². The molecule has 0 bridgehead atoms. The quantitative estimate of drug-likeness (QED) is 0.0262. The third kappa shape index (κ3) is 20.4. The Morgan fingerprint density at radius 2 is 0.878 bits per heavy atom. The first-order valence-corrected chi connectivity index (χ1v) is 32.6. The average Bonchev–Trinajstić information content (AvgIpc) is 0.772. The predicted molar refractivity (Wildman–Crippen MR) is 327 cm³/mol. The first kappa shape index (κ1) is 80.2. The first-order chi connectivity index (χ1) is 46.7. The van der Waals surface area contributed by atoms with Crippen LogP contribution in [0.3, 0.4) is 0 Å². The van der Waals surface area contributed by atoms with Crippen molar-refractivity contribution in [3.8, 4) is 17.6 Å². The Bertz CT molecular complexity index is 2770. The second kappa shape index (κ2) is 37.7. The lowest BCUT2D eigenvalue weighted by molar-refractivity contribution is -0.368. The maximum atomic E-state index is 13.9. The van der Waals surface area contributed by atoms with Gasteiger partial charge >= 0.3 is 0 Å². The van der Waals surface area contributed by atoms with Gasteiger partial charge < -0.3 is 155 Å². The van der Waals surface area contributed by atoms with E-state index < -0.39 is 246 Å². The molecule has 6 heterocycles. The molecule has 36 heteroatoms. The minimum Gasteiger partial charge on any atom is -0.494 e. The van der Waals surface area contributed by atoms with Gasteiger partial charge in [0.25, 0.3) is 5.91 Å². The van der Waals surface area contributed by atoms with Crippen molar-refractivity contribution in [2.45, 2.75) is 270 Å². The third-order valence-corrected chi connectivity index (χ3v) is 17.4. The zero-order chi connectivity index (χ0) is 71.8. The number of carbonyl (C=O) groups excluding carboxylic acids is 5. The summed E-state index contributed by atoms with van der Waals surface area (Å²) in [5, 5.41) is 168. The molecule has 36 nitrogen and oxygen atoms in total. The molecule has 1 aromatic carbocycles. The Hall–Kier alpha value is -5.07. The van der Waals surface area contributed by atoms with Gasteiger partial charge in [0.1, 0.15) is 146 Å². The molecule has 19 N–H and O–H groups in total. The highest BCUT2D eigenvalue weighted by Gasteiger charge is 2.58. The Morgan fingerprint density at radius 3 is 1.34 bits per heavy atom. The predicted octanol–water partition coefficient (Wildman–Crippen LogP) is -7.93. The Labute approximate surface area is 564 Å². The largest absolute Gasteiger partial charge is 0.494 e. The Balaban J connectivity index is 1.07. The summed E-state index contributed by atoms with van der Waals surface area (Å²) in [6.07, 6.45) is -38.5. The molecule has 6 fully saturated rings. The highest BCUT2D eigenvalue weighted by Crippen LogP contribution is 2.37. The van der Waals surface area contributed by atoms with Crippen molar-refractivity contribution in [2.24, 2.45) is 0 Å². The van der Waals surface area contributed by atoms with Crippen molar-refractivity contribution < 1.29 is 152 Å². The van der Waals surface area contributed by atoms with Gasteiger partial charge in [-0.3, -0.25) is 24.0 Å². The monoisotopic (exact) mass is 1410 g/mol. The summed E-state index contributed by atoms with van der Waals surface area (Å²) >= 11 is 0. The molecule has 30 atom stereocenters. The summed E-state index contributed by atoms with van der Waals surface area (Å²) in [6, 6.07) is -2.60. The van der Waals surface area contributed by atoms with E-state index in [1.54, 1.807) is 12.1 Å². The van der Waals surface area contributed by atoms with Crippen molar-refractivity contribution in [2.75, 3.05) is 39.6 Å². The molecule has 0 saturated carbocycles. The van der Waals surface area contributed by atoms with Crippen LogP contribution in [0, 0.1) is 11.8 Å². The maximum absolute atomic E-state index is 13.9. The number of carbonyl (C=O) groups is 5. The van der Waals surface area contributed by atoms with Crippen molar-refractivity contribution in [3.63, 3.8) is 0 Å². The topological polar surface area (TPSA) is 539 Å². The van der Waals surface area contributed by atoms with Crippen LogP contribution in [0.2, 0.25) is 0 Å². The van der Waals surface area contributed by atoms with Crippen molar-refractivity contribution in [1.29, 1.82) is 0 Å². The normalized spacial score (nSPS) is 39.6. The summed E-state index contributed by atoms with van der Waals surface area (Å²) < 4.78 is 71.9. The van der Waals surface area contributed by atoms with Gasteiger partial charge in [-0.05, 0) is 38.0 Å². The average molecular weight is 1410 g/mol. The molecule has 0 aliphatic carbocycles. The molecule has 7 rings (SSSR count). The van der Waals surface area contributed by atoms with Crippen molar-refractivity contribution in [1.82, 2.24) is 26.6 Å². The molecule has 556 valence electrons. The van der Waals surface area contributed by atoms with Crippen LogP contribution in [0.25, 0.3) is 0 Å². The van der Waals surface area contributed by atoms with Crippen LogP contribution in [0.4, 0.5) is 0 Å². The van der Waals surface area contributed by atoms with Crippen molar-refractivity contribution in [3.05, 3.63) is 29.8 Å². The molecule has 0 radical (unpaired) electrons. The second-order valence-corrected chi connectivity index (χ2v) is 24.9. The fraction of sp³-hybridized carbons (Fsp3) is 0.790. The van der Waals surface area contributed by atoms with E-state index in [-0.39, 0.29) is 12.2 Å². The summed E-state index contributed by atoms with van der Waals surface area (Å²) in [6.45, 7) is 3.20. The van der Waals surface area contributed by atoms with E-state index in [0.29, 0.717) is 18.6 Å². The fourth-order valence-corrected chi connectivity index (χ4v) is 12.3. The molecule has 0 spiro atoms. The Kier molecular flexibility index (Phi) is 30.9. The molecule has 16 unspecified atom stereocenters. The highest BCUT2D eigenvalue weighted by atomic mass is 16.8. The summed E-state index contributed by atoms with van der Waals surface area (Å²) in [7, 11) is 0.